The number of hydrazine groups is 1. The molecule has 0 saturated heterocycles. The standard InChI is InChI=1S/C11H12Cl2N2/c1-2-3-7-10(15-14)8-5-4-6-9(12)11(8)13/h1,4-6,10,15H,3,7,14H2. The molecule has 0 radical (unpaired) electrons. The summed E-state index contributed by atoms with van der Waals surface area (Å²) in [6.45, 7) is 0. The van der Waals surface area contributed by atoms with Crippen LogP contribution in [0.25, 0.3) is 0 Å². The van der Waals surface area contributed by atoms with Gasteiger partial charge >= 0.3 is 0 Å². The summed E-state index contributed by atoms with van der Waals surface area (Å²) < 4.78 is 0. The molecule has 0 aliphatic carbocycles. The second kappa shape index (κ2) is 5.99. The number of nitrogens with two attached hydrogens (primary N) is 1. The molecule has 80 valence electrons. The first kappa shape index (κ1) is 12.4. The van der Waals surface area contributed by atoms with E-state index in [0.717, 1.165) is 12.0 Å². The maximum absolute atomic E-state index is 6.07. The summed E-state index contributed by atoms with van der Waals surface area (Å²) in [6, 6.07) is 5.40. The maximum Gasteiger partial charge on any atom is 0.0640 e. The first-order valence-corrected chi connectivity index (χ1v) is 5.29. The number of hydrogen-bond donors (Lipinski definition) is 2. The van der Waals surface area contributed by atoms with Gasteiger partial charge in [0.15, 0.2) is 0 Å². The van der Waals surface area contributed by atoms with Crippen molar-refractivity contribution in [2.45, 2.75) is 18.9 Å². The Morgan fingerprint density at radius 1 is 1.47 bits per heavy atom. The van der Waals surface area contributed by atoms with E-state index in [1.54, 1.807) is 6.07 Å². The molecule has 3 N–H and O–H groups in total. The van der Waals surface area contributed by atoms with Gasteiger partial charge in [0.1, 0.15) is 0 Å². The van der Waals surface area contributed by atoms with E-state index in [9.17, 15) is 0 Å². The minimum atomic E-state index is -0.0627. The predicted molar refractivity (Wildman–Crippen MR) is 64.6 cm³/mol. The van der Waals surface area contributed by atoms with Crippen molar-refractivity contribution in [2.75, 3.05) is 0 Å². The van der Waals surface area contributed by atoms with Crippen LogP contribution in [-0.2, 0) is 0 Å². The molecule has 2 nitrogen and oxygen atoms in total. The van der Waals surface area contributed by atoms with Crippen LogP contribution in [0.2, 0.25) is 10.0 Å². The summed E-state index contributed by atoms with van der Waals surface area (Å²) in [4.78, 5) is 0. The molecule has 4 heteroatoms. The van der Waals surface area contributed by atoms with Crippen molar-refractivity contribution in [3.05, 3.63) is 33.8 Å². The highest BCUT2D eigenvalue weighted by atomic mass is 35.5. The monoisotopic (exact) mass is 242 g/mol. The van der Waals surface area contributed by atoms with Crippen LogP contribution in [0, 0.1) is 12.3 Å². The zero-order valence-electron chi connectivity index (χ0n) is 8.13. The van der Waals surface area contributed by atoms with Crippen molar-refractivity contribution in [3.63, 3.8) is 0 Å². The number of terminal acetylenes is 1. The normalized spacial score (nSPS) is 12.1. The molecule has 0 spiro atoms. The smallest absolute Gasteiger partial charge is 0.0640 e. The van der Waals surface area contributed by atoms with Gasteiger partial charge in [-0.1, -0.05) is 35.3 Å². The molecule has 1 atom stereocenters. The maximum atomic E-state index is 6.07. The zero-order valence-corrected chi connectivity index (χ0v) is 9.65. The average Bonchev–Trinajstić information content (AvgIpc) is 2.25. The third kappa shape index (κ3) is 3.12. The van der Waals surface area contributed by atoms with Crippen molar-refractivity contribution < 1.29 is 0 Å². The lowest BCUT2D eigenvalue weighted by Gasteiger charge is -2.16. The summed E-state index contributed by atoms with van der Waals surface area (Å²) in [5.41, 5.74) is 3.56. The van der Waals surface area contributed by atoms with Gasteiger partial charge in [0.25, 0.3) is 0 Å². The minimum Gasteiger partial charge on any atom is -0.271 e. The lowest BCUT2D eigenvalue weighted by Crippen LogP contribution is -2.28. The Hall–Kier alpha value is -0.720. The van der Waals surface area contributed by atoms with Gasteiger partial charge < -0.3 is 0 Å². The third-order valence-electron chi connectivity index (χ3n) is 2.14. The quantitative estimate of drug-likeness (QED) is 0.484. The minimum absolute atomic E-state index is 0.0627. The van der Waals surface area contributed by atoms with Crippen LogP contribution >= 0.6 is 23.2 Å². The fourth-order valence-corrected chi connectivity index (χ4v) is 1.79. The van der Waals surface area contributed by atoms with Gasteiger partial charge in [-0.15, -0.1) is 12.3 Å². The summed E-state index contributed by atoms with van der Waals surface area (Å²) in [6.07, 6.45) is 6.57. The van der Waals surface area contributed by atoms with E-state index in [0.29, 0.717) is 16.5 Å². The van der Waals surface area contributed by atoms with Crippen molar-refractivity contribution in [1.82, 2.24) is 5.43 Å². The van der Waals surface area contributed by atoms with Crippen LogP contribution in [0.4, 0.5) is 0 Å². The first-order chi connectivity index (χ1) is 7.20. The average molecular weight is 243 g/mol. The van der Waals surface area contributed by atoms with Crippen LogP contribution in [0.1, 0.15) is 24.4 Å². The zero-order chi connectivity index (χ0) is 11.3. The summed E-state index contributed by atoms with van der Waals surface area (Å²) in [7, 11) is 0. The van der Waals surface area contributed by atoms with E-state index in [2.05, 4.69) is 11.3 Å². The van der Waals surface area contributed by atoms with Crippen LogP contribution in [0.15, 0.2) is 18.2 Å². The van der Waals surface area contributed by atoms with Gasteiger partial charge in [0, 0.05) is 12.5 Å². The molecule has 1 rings (SSSR count). The Balaban J connectivity index is 2.92. The van der Waals surface area contributed by atoms with Crippen LogP contribution in [0.5, 0.6) is 0 Å². The molecule has 0 aliphatic heterocycles. The molecule has 0 amide bonds. The molecule has 0 saturated carbocycles. The van der Waals surface area contributed by atoms with E-state index in [1.807, 2.05) is 12.1 Å². The topological polar surface area (TPSA) is 38.0 Å². The van der Waals surface area contributed by atoms with Crippen LogP contribution in [-0.4, -0.2) is 0 Å². The molecule has 1 aromatic rings. The molecule has 0 fully saturated rings. The van der Waals surface area contributed by atoms with Gasteiger partial charge in [0.05, 0.1) is 10.0 Å². The molecule has 0 aliphatic rings. The molecule has 0 bridgehead atoms. The van der Waals surface area contributed by atoms with Crippen molar-refractivity contribution in [3.8, 4) is 12.3 Å². The lowest BCUT2D eigenvalue weighted by molar-refractivity contribution is 0.524. The fraction of sp³-hybridized carbons (Fsp3) is 0.273. The molecule has 15 heavy (non-hydrogen) atoms. The summed E-state index contributed by atoms with van der Waals surface area (Å²) in [5, 5.41) is 1.05. The van der Waals surface area contributed by atoms with E-state index in [4.69, 9.17) is 35.5 Å². The number of halogens is 2. The molecule has 1 aromatic carbocycles. The highest BCUT2D eigenvalue weighted by Gasteiger charge is 2.13. The molecule has 0 heterocycles. The van der Waals surface area contributed by atoms with E-state index in [1.165, 1.54) is 0 Å². The van der Waals surface area contributed by atoms with Crippen molar-refractivity contribution in [2.24, 2.45) is 5.84 Å². The fourth-order valence-electron chi connectivity index (χ4n) is 1.35. The molecular weight excluding hydrogens is 231 g/mol. The number of benzene rings is 1. The highest BCUT2D eigenvalue weighted by molar-refractivity contribution is 6.42. The van der Waals surface area contributed by atoms with E-state index in [-0.39, 0.29) is 6.04 Å². The van der Waals surface area contributed by atoms with E-state index < -0.39 is 0 Å². The van der Waals surface area contributed by atoms with Crippen molar-refractivity contribution in [1.29, 1.82) is 0 Å². The van der Waals surface area contributed by atoms with E-state index >= 15 is 0 Å². The Morgan fingerprint density at radius 2 is 2.20 bits per heavy atom. The first-order valence-electron chi connectivity index (χ1n) is 4.54. The number of nitrogens with one attached hydrogen (secondary N) is 1. The molecule has 1 unspecified atom stereocenters. The predicted octanol–water partition coefficient (Wildman–Crippen LogP) is 2.91. The Bertz CT molecular complexity index is 371. The molecular formula is C11H12Cl2N2. The number of rotatable bonds is 4. The SMILES string of the molecule is C#CCCC(NN)c1cccc(Cl)c1Cl. The highest BCUT2D eigenvalue weighted by Crippen LogP contribution is 2.31. The summed E-state index contributed by atoms with van der Waals surface area (Å²) >= 11 is 12.0. The van der Waals surface area contributed by atoms with Gasteiger partial charge in [-0.3, -0.25) is 11.3 Å². The molecule has 0 aromatic heterocycles. The second-order valence-electron chi connectivity index (χ2n) is 3.11. The summed E-state index contributed by atoms with van der Waals surface area (Å²) in [5.74, 6) is 8.01. The third-order valence-corrected chi connectivity index (χ3v) is 2.97. The largest absolute Gasteiger partial charge is 0.271 e. The van der Waals surface area contributed by atoms with Crippen molar-refractivity contribution >= 4 is 23.2 Å². The Kier molecular flexibility index (Phi) is 4.93. The second-order valence-corrected chi connectivity index (χ2v) is 3.89. The van der Waals surface area contributed by atoms with Gasteiger partial charge in [-0.25, -0.2) is 0 Å². The van der Waals surface area contributed by atoms with Gasteiger partial charge in [0.2, 0.25) is 0 Å². The van der Waals surface area contributed by atoms with Crippen LogP contribution in [0.3, 0.4) is 0 Å². The number of hydrogen-bond acceptors (Lipinski definition) is 2. The Labute approximate surface area is 99.7 Å². The van der Waals surface area contributed by atoms with Gasteiger partial charge in [-0.2, -0.15) is 0 Å². The lowest BCUT2D eigenvalue weighted by atomic mass is 10.0. The van der Waals surface area contributed by atoms with Crippen LogP contribution < -0.4 is 11.3 Å². The Morgan fingerprint density at radius 3 is 2.80 bits per heavy atom. The van der Waals surface area contributed by atoms with Gasteiger partial charge in [-0.05, 0) is 18.1 Å².